The number of aryl methyl sites for hydroxylation is 1. The van der Waals surface area contributed by atoms with E-state index in [1.165, 1.54) is 18.3 Å². The highest BCUT2D eigenvalue weighted by atomic mass is 35.5. The van der Waals surface area contributed by atoms with E-state index in [1.807, 2.05) is 6.92 Å². The Labute approximate surface area is 174 Å². The van der Waals surface area contributed by atoms with Crippen molar-refractivity contribution in [3.8, 4) is 0 Å². The SMILES string of the molecule is Cc1nc(C(=O)N[C@H](C)/C=C/S(C)(=O)=O)ncc1N[C@@H](C)c1cccc(F)c1Cl. The van der Waals surface area contributed by atoms with Crippen molar-refractivity contribution < 1.29 is 17.6 Å². The van der Waals surface area contributed by atoms with Gasteiger partial charge < -0.3 is 10.6 Å². The van der Waals surface area contributed by atoms with Crippen molar-refractivity contribution in [1.82, 2.24) is 15.3 Å². The summed E-state index contributed by atoms with van der Waals surface area (Å²) in [4.78, 5) is 20.5. The van der Waals surface area contributed by atoms with Gasteiger partial charge in [0.05, 0.1) is 28.6 Å². The first-order valence-electron chi connectivity index (χ1n) is 8.71. The first-order chi connectivity index (χ1) is 13.5. The van der Waals surface area contributed by atoms with E-state index in [1.54, 1.807) is 26.0 Å². The van der Waals surface area contributed by atoms with E-state index in [-0.39, 0.29) is 16.9 Å². The minimum absolute atomic E-state index is 0.0400. The van der Waals surface area contributed by atoms with Gasteiger partial charge in [-0.05, 0) is 32.4 Å². The van der Waals surface area contributed by atoms with Gasteiger partial charge in [-0.3, -0.25) is 4.79 Å². The minimum atomic E-state index is -3.28. The first kappa shape index (κ1) is 22.8. The number of carbonyl (C=O) groups is 1. The normalized spacial score (nSPS) is 13.9. The van der Waals surface area contributed by atoms with Gasteiger partial charge in [0.25, 0.3) is 5.91 Å². The number of hydrogen-bond donors (Lipinski definition) is 2. The third kappa shape index (κ3) is 6.50. The molecule has 29 heavy (non-hydrogen) atoms. The monoisotopic (exact) mass is 440 g/mol. The van der Waals surface area contributed by atoms with Crippen molar-refractivity contribution in [1.29, 1.82) is 0 Å². The van der Waals surface area contributed by atoms with Crippen molar-refractivity contribution in [2.75, 3.05) is 11.6 Å². The standard InChI is InChI=1S/C19H22ClFN4O3S/c1-11(8-9-29(4,27)28)23-19(26)18-22-10-16(13(3)25-18)24-12(2)14-6-5-7-15(21)17(14)20/h5-12,24H,1-4H3,(H,23,26)/b9-8+/t11-,12+/m1/s1. The predicted octanol–water partition coefficient (Wildman–Crippen LogP) is 3.43. The summed E-state index contributed by atoms with van der Waals surface area (Å²) in [5, 5.41) is 6.82. The highest BCUT2D eigenvalue weighted by Gasteiger charge is 2.16. The Morgan fingerprint density at radius 1 is 1.31 bits per heavy atom. The molecule has 2 N–H and O–H groups in total. The molecule has 1 heterocycles. The summed E-state index contributed by atoms with van der Waals surface area (Å²) in [6, 6.07) is 3.74. The molecule has 0 bridgehead atoms. The van der Waals surface area contributed by atoms with Crippen LogP contribution in [0.5, 0.6) is 0 Å². The van der Waals surface area contributed by atoms with Crippen LogP contribution >= 0.6 is 11.6 Å². The molecule has 0 radical (unpaired) electrons. The maximum absolute atomic E-state index is 13.7. The van der Waals surface area contributed by atoms with Crippen LogP contribution in [0.25, 0.3) is 0 Å². The summed E-state index contributed by atoms with van der Waals surface area (Å²) in [5.41, 5.74) is 1.67. The third-order valence-electron chi connectivity index (χ3n) is 3.98. The van der Waals surface area contributed by atoms with Crippen LogP contribution in [0.4, 0.5) is 10.1 Å². The second kappa shape index (κ2) is 9.32. The lowest BCUT2D eigenvalue weighted by Crippen LogP contribution is -2.32. The lowest BCUT2D eigenvalue weighted by Gasteiger charge is -2.18. The summed E-state index contributed by atoms with van der Waals surface area (Å²) in [7, 11) is -3.28. The number of anilines is 1. The van der Waals surface area contributed by atoms with Crippen LogP contribution in [0.15, 0.2) is 35.9 Å². The first-order valence-corrected chi connectivity index (χ1v) is 11.0. The number of nitrogens with one attached hydrogen (secondary N) is 2. The Balaban J connectivity index is 2.10. The lowest BCUT2D eigenvalue weighted by atomic mass is 10.1. The number of aromatic nitrogens is 2. The second-order valence-corrected chi connectivity index (χ2v) is 8.93. The average molecular weight is 441 g/mol. The number of halogens is 2. The average Bonchev–Trinajstić information content (AvgIpc) is 2.63. The largest absolute Gasteiger partial charge is 0.376 e. The maximum atomic E-state index is 13.7. The molecule has 10 heteroatoms. The summed E-state index contributed by atoms with van der Waals surface area (Å²) in [6.45, 7) is 5.15. The van der Waals surface area contributed by atoms with Crippen LogP contribution in [0.1, 0.15) is 41.8 Å². The molecular formula is C19H22ClFN4O3S. The molecule has 0 aliphatic carbocycles. The number of sulfone groups is 1. The smallest absolute Gasteiger partial charge is 0.289 e. The molecule has 0 unspecified atom stereocenters. The molecule has 0 saturated carbocycles. The molecule has 1 aromatic heterocycles. The molecule has 0 saturated heterocycles. The highest BCUT2D eigenvalue weighted by molar-refractivity contribution is 7.93. The van der Waals surface area contributed by atoms with Crippen LogP contribution in [0, 0.1) is 12.7 Å². The van der Waals surface area contributed by atoms with E-state index in [9.17, 15) is 17.6 Å². The Bertz CT molecular complexity index is 1040. The molecule has 1 aromatic carbocycles. The fraction of sp³-hybridized carbons (Fsp3) is 0.316. The van der Waals surface area contributed by atoms with Gasteiger partial charge >= 0.3 is 0 Å². The number of benzene rings is 1. The van der Waals surface area contributed by atoms with Gasteiger partial charge in [-0.25, -0.2) is 22.8 Å². The van der Waals surface area contributed by atoms with Gasteiger partial charge in [0.2, 0.25) is 5.82 Å². The Morgan fingerprint density at radius 3 is 2.62 bits per heavy atom. The van der Waals surface area contributed by atoms with Crippen LogP contribution in [-0.2, 0) is 9.84 Å². The Morgan fingerprint density at radius 2 is 2.00 bits per heavy atom. The zero-order chi connectivity index (χ0) is 21.8. The van der Waals surface area contributed by atoms with E-state index in [2.05, 4.69) is 20.6 Å². The van der Waals surface area contributed by atoms with Crippen LogP contribution in [-0.4, -0.2) is 36.6 Å². The van der Waals surface area contributed by atoms with Gasteiger partial charge in [-0.1, -0.05) is 29.8 Å². The van der Waals surface area contributed by atoms with Crippen LogP contribution in [0.2, 0.25) is 5.02 Å². The van der Waals surface area contributed by atoms with Gasteiger partial charge in [-0.15, -0.1) is 0 Å². The molecule has 0 aliphatic rings. The van der Waals surface area contributed by atoms with E-state index in [4.69, 9.17) is 11.6 Å². The minimum Gasteiger partial charge on any atom is -0.376 e. The number of rotatable bonds is 7. The Kier molecular flexibility index (Phi) is 7.32. The summed E-state index contributed by atoms with van der Waals surface area (Å²) in [5.74, 6) is -1.09. The van der Waals surface area contributed by atoms with E-state index >= 15 is 0 Å². The second-order valence-electron chi connectivity index (χ2n) is 6.62. The van der Waals surface area contributed by atoms with Gasteiger partial charge in [0.1, 0.15) is 5.82 Å². The molecule has 0 fully saturated rings. The molecule has 2 atom stereocenters. The van der Waals surface area contributed by atoms with Crippen LogP contribution < -0.4 is 10.6 Å². The van der Waals surface area contributed by atoms with Crippen molar-refractivity contribution in [2.45, 2.75) is 32.9 Å². The molecular weight excluding hydrogens is 419 g/mol. The Hall–Kier alpha value is -2.52. The summed E-state index contributed by atoms with van der Waals surface area (Å²) in [6.07, 6.45) is 3.88. The molecule has 1 amide bonds. The van der Waals surface area contributed by atoms with Gasteiger partial charge in [-0.2, -0.15) is 0 Å². The quantitative estimate of drug-likeness (QED) is 0.684. The highest BCUT2D eigenvalue weighted by Crippen LogP contribution is 2.28. The number of hydrogen-bond acceptors (Lipinski definition) is 6. The summed E-state index contributed by atoms with van der Waals surface area (Å²) < 4.78 is 35.9. The fourth-order valence-corrected chi connectivity index (χ4v) is 3.27. The summed E-state index contributed by atoms with van der Waals surface area (Å²) >= 11 is 6.02. The fourth-order valence-electron chi connectivity index (χ4n) is 2.46. The zero-order valence-electron chi connectivity index (χ0n) is 16.4. The topological polar surface area (TPSA) is 101 Å². The number of nitrogens with zero attached hydrogens (tertiary/aromatic N) is 2. The zero-order valence-corrected chi connectivity index (χ0v) is 18.0. The van der Waals surface area contributed by atoms with Gasteiger partial charge in [0.15, 0.2) is 9.84 Å². The molecule has 156 valence electrons. The van der Waals surface area contributed by atoms with Crippen molar-refractivity contribution in [2.24, 2.45) is 0 Å². The maximum Gasteiger partial charge on any atom is 0.289 e. The van der Waals surface area contributed by atoms with Crippen LogP contribution in [0.3, 0.4) is 0 Å². The lowest BCUT2D eigenvalue weighted by molar-refractivity contribution is 0.0936. The molecule has 2 rings (SSSR count). The van der Waals surface area contributed by atoms with Crippen molar-refractivity contribution >= 4 is 33.0 Å². The van der Waals surface area contributed by atoms with E-state index in [0.717, 1.165) is 11.7 Å². The molecule has 0 aliphatic heterocycles. The number of amides is 1. The number of carbonyl (C=O) groups excluding carboxylic acids is 1. The molecule has 0 spiro atoms. The predicted molar refractivity (Wildman–Crippen MR) is 111 cm³/mol. The van der Waals surface area contributed by atoms with Gasteiger partial charge in [0, 0.05) is 17.7 Å². The van der Waals surface area contributed by atoms with Crippen molar-refractivity contribution in [3.05, 3.63) is 63.8 Å². The van der Waals surface area contributed by atoms with E-state index < -0.39 is 27.6 Å². The van der Waals surface area contributed by atoms with E-state index in [0.29, 0.717) is 16.9 Å². The van der Waals surface area contributed by atoms with Crippen molar-refractivity contribution in [3.63, 3.8) is 0 Å². The molecule has 7 nitrogen and oxygen atoms in total. The third-order valence-corrected chi connectivity index (χ3v) is 5.03. The molecule has 2 aromatic rings.